The van der Waals surface area contributed by atoms with Gasteiger partial charge in [0, 0.05) is 31.4 Å². The Kier molecular flexibility index (Phi) is 4.42. The predicted octanol–water partition coefficient (Wildman–Crippen LogP) is 2.22. The van der Waals surface area contributed by atoms with Gasteiger partial charge in [-0.3, -0.25) is 4.79 Å². The highest BCUT2D eigenvalue weighted by Gasteiger charge is 2.25. The number of hydrogen-bond donors (Lipinski definition) is 0. The molecule has 24 heavy (non-hydrogen) atoms. The molecular weight excluding hydrogens is 314 g/mol. The molecule has 1 aromatic carbocycles. The number of nitrogens with zero attached hydrogens (tertiary/aromatic N) is 4. The molecule has 1 aromatic heterocycles. The second-order valence-corrected chi connectivity index (χ2v) is 5.90. The summed E-state index contributed by atoms with van der Waals surface area (Å²) in [6.45, 7) is 5.31. The molecule has 3 rings (SSSR count). The van der Waals surface area contributed by atoms with Crippen LogP contribution in [0.3, 0.4) is 0 Å². The SMILES string of the molecule is Cc1cc(N2CCN(Cc3ccc(F)c(F)c3)C(=O)C2)nc(C)n1. The van der Waals surface area contributed by atoms with Crippen LogP contribution in [0, 0.1) is 25.5 Å². The van der Waals surface area contributed by atoms with Gasteiger partial charge in [-0.1, -0.05) is 6.07 Å². The van der Waals surface area contributed by atoms with Crippen molar-refractivity contribution in [3.8, 4) is 0 Å². The molecule has 1 amide bonds. The molecule has 5 nitrogen and oxygen atoms in total. The van der Waals surface area contributed by atoms with E-state index in [1.807, 2.05) is 24.8 Å². The summed E-state index contributed by atoms with van der Waals surface area (Å²) < 4.78 is 26.3. The average molecular weight is 332 g/mol. The fourth-order valence-electron chi connectivity index (χ4n) is 2.79. The Bertz CT molecular complexity index is 761. The zero-order chi connectivity index (χ0) is 17.3. The number of halogens is 2. The fourth-order valence-corrected chi connectivity index (χ4v) is 2.79. The molecule has 2 aromatic rings. The van der Waals surface area contributed by atoms with E-state index < -0.39 is 11.6 Å². The second kappa shape index (κ2) is 6.51. The van der Waals surface area contributed by atoms with E-state index in [-0.39, 0.29) is 19.0 Å². The first kappa shape index (κ1) is 16.3. The smallest absolute Gasteiger partial charge is 0.242 e. The number of carbonyl (C=O) groups is 1. The molecule has 7 heteroatoms. The van der Waals surface area contributed by atoms with Gasteiger partial charge in [0.1, 0.15) is 11.6 Å². The van der Waals surface area contributed by atoms with E-state index in [1.165, 1.54) is 6.07 Å². The van der Waals surface area contributed by atoms with Gasteiger partial charge in [0.2, 0.25) is 5.91 Å². The minimum absolute atomic E-state index is 0.0695. The maximum Gasteiger partial charge on any atom is 0.242 e. The summed E-state index contributed by atoms with van der Waals surface area (Å²) in [7, 11) is 0. The summed E-state index contributed by atoms with van der Waals surface area (Å²) in [5, 5.41) is 0. The zero-order valence-electron chi connectivity index (χ0n) is 13.6. The molecule has 0 spiro atoms. The Hall–Kier alpha value is -2.57. The van der Waals surface area contributed by atoms with Gasteiger partial charge in [0.25, 0.3) is 0 Å². The third kappa shape index (κ3) is 3.50. The Morgan fingerprint density at radius 1 is 1.08 bits per heavy atom. The first-order valence-electron chi connectivity index (χ1n) is 7.71. The van der Waals surface area contributed by atoms with Crippen LogP contribution in [0.1, 0.15) is 17.1 Å². The van der Waals surface area contributed by atoms with Crippen molar-refractivity contribution >= 4 is 11.7 Å². The number of amides is 1. The van der Waals surface area contributed by atoms with Crippen molar-refractivity contribution in [3.05, 3.63) is 53.0 Å². The second-order valence-electron chi connectivity index (χ2n) is 5.90. The normalized spacial score (nSPS) is 15.1. The van der Waals surface area contributed by atoms with Crippen molar-refractivity contribution < 1.29 is 13.6 Å². The van der Waals surface area contributed by atoms with Gasteiger partial charge in [0.15, 0.2) is 11.6 Å². The van der Waals surface area contributed by atoms with Gasteiger partial charge in [-0.25, -0.2) is 18.7 Å². The lowest BCUT2D eigenvalue weighted by Gasteiger charge is -2.35. The molecule has 0 unspecified atom stereocenters. The van der Waals surface area contributed by atoms with Crippen LogP contribution in [0.25, 0.3) is 0 Å². The number of carbonyl (C=O) groups excluding carboxylic acids is 1. The number of aromatic nitrogens is 2. The first-order valence-corrected chi connectivity index (χ1v) is 7.71. The fraction of sp³-hybridized carbons (Fsp3) is 0.353. The number of aryl methyl sites for hydroxylation is 2. The monoisotopic (exact) mass is 332 g/mol. The van der Waals surface area contributed by atoms with Crippen molar-refractivity contribution in [2.75, 3.05) is 24.5 Å². The van der Waals surface area contributed by atoms with Crippen LogP contribution in [-0.2, 0) is 11.3 Å². The van der Waals surface area contributed by atoms with Crippen LogP contribution in [0.5, 0.6) is 0 Å². The molecule has 1 fully saturated rings. The average Bonchev–Trinajstić information content (AvgIpc) is 2.52. The van der Waals surface area contributed by atoms with Crippen LogP contribution in [0.4, 0.5) is 14.6 Å². The molecular formula is C17H18F2N4O. The Morgan fingerprint density at radius 3 is 2.54 bits per heavy atom. The molecule has 0 bridgehead atoms. The number of anilines is 1. The van der Waals surface area contributed by atoms with Gasteiger partial charge in [0.05, 0.1) is 6.54 Å². The summed E-state index contributed by atoms with van der Waals surface area (Å²) in [5.74, 6) is -0.447. The topological polar surface area (TPSA) is 49.3 Å². The number of piperazine rings is 1. The maximum absolute atomic E-state index is 13.3. The summed E-state index contributed by atoms with van der Waals surface area (Å²) in [6, 6.07) is 5.56. The molecule has 1 saturated heterocycles. The lowest BCUT2D eigenvalue weighted by Crippen LogP contribution is -2.50. The maximum atomic E-state index is 13.3. The van der Waals surface area contributed by atoms with Crippen LogP contribution in [0.15, 0.2) is 24.3 Å². The largest absolute Gasteiger partial charge is 0.345 e. The highest BCUT2D eigenvalue weighted by Crippen LogP contribution is 2.18. The van der Waals surface area contributed by atoms with E-state index in [9.17, 15) is 13.6 Å². The minimum atomic E-state index is -0.898. The highest BCUT2D eigenvalue weighted by molar-refractivity contribution is 5.82. The number of benzene rings is 1. The van der Waals surface area contributed by atoms with Crippen LogP contribution in [0.2, 0.25) is 0 Å². The molecule has 0 N–H and O–H groups in total. The van der Waals surface area contributed by atoms with E-state index in [0.29, 0.717) is 24.5 Å². The van der Waals surface area contributed by atoms with Crippen LogP contribution < -0.4 is 4.90 Å². The first-order chi connectivity index (χ1) is 11.4. The van der Waals surface area contributed by atoms with Crippen LogP contribution in [-0.4, -0.2) is 40.4 Å². The summed E-state index contributed by atoms with van der Waals surface area (Å²) in [4.78, 5) is 24.5. The molecule has 0 aliphatic carbocycles. The van der Waals surface area contributed by atoms with Gasteiger partial charge in [-0.15, -0.1) is 0 Å². The Labute approximate surface area is 138 Å². The Balaban J connectivity index is 1.68. The van der Waals surface area contributed by atoms with Gasteiger partial charge in [-0.05, 0) is 31.5 Å². The lowest BCUT2D eigenvalue weighted by molar-refractivity contribution is -0.131. The number of hydrogen-bond acceptors (Lipinski definition) is 4. The zero-order valence-corrected chi connectivity index (χ0v) is 13.6. The van der Waals surface area contributed by atoms with Gasteiger partial charge in [-0.2, -0.15) is 0 Å². The predicted molar refractivity (Wildman–Crippen MR) is 85.5 cm³/mol. The van der Waals surface area contributed by atoms with Crippen molar-refractivity contribution in [3.63, 3.8) is 0 Å². The van der Waals surface area contributed by atoms with E-state index in [1.54, 1.807) is 4.90 Å². The molecule has 0 saturated carbocycles. The number of rotatable bonds is 3. The third-order valence-corrected chi connectivity index (χ3v) is 3.95. The van der Waals surface area contributed by atoms with E-state index >= 15 is 0 Å². The summed E-state index contributed by atoms with van der Waals surface area (Å²) >= 11 is 0. The van der Waals surface area contributed by atoms with E-state index in [0.717, 1.165) is 23.6 Å². The van der Waals surface area contributed by atoms with Crippen molar-refractivity contribution in [1.29, 1.82) is 0 Å². The molecule has 0 radical (unpaired) electrons. The van der Waals surface area contributed by atoms with E-state index in [2.05, 4.69) is 9.97 Å². The molecule has 1 aliphatic rings. The summed E-state index contributed by atoms with van der Waals surface area (Å²) in [5.41, 5.74) is 1.43. The lowest BCUT2D eigenvalue weighted by atomic mass is 10.2. The minimum Gasteiger partial charge on any atom is -0.345 e. The standard InChI is InChI=1S/C17H18F2N4O/c1-11-7-16(21-12(2)20-11)22-5-6-23(17(24)10-22)9-13-3-4-14(18)15(19)8-13/h3-4,7-8H,5-6,9-10H2,1-2H3. The van der Waals surface area contributed by atoms with Crippen molar-refractivity contribution in [1.82, 2.24) is 14.9 Å². The van der Waals surface area contributed by atoms with Crippen molar-refractivity contribution in [2.45, 2.75) is 20.4 Å². The Morgan fingerprint density at radius 2 is 1.88 bits per heavy atom. The third-order valence-electron chi connectivity index (χ3n) is 3.95. The van der Waals surface area contributed by atoms with Gasteiger partial charge >= 0.3 is 0 Å². The highest BCUT2D eigenvalue weighted by atomic mass is 19.2. The molecule has 2 heterocycles. The molecule has 126 valence electrons. The van der Waals surface area contributed by atoms with E-state index in [4.69, 9.17) is 0 Å². The molecule has 0 atom stereocenters. The molecule has 1 aliphatic heterocycles. The van der Waals surface area contributed by atoms with Crippen molar-refractivity contribution in [2.24, 2.45) is 0 Å². The summed E-state index contributed by atoms with van der Waals surface area (Å²) in [6.07, 6.45) is 0. The van der Waals surface area contributed by atoms with Gasteiger partial charge < -0.3 is 9.80 Å². The quantitative estimate of drug-likeness (QED) is 0.865. The van der Waals surface area contributed by atoms with Crippen LogP contribution >= 0.6 is 0 Å².